The van der Waals surface area contributed by atoms with Crippen molar-refractivity contribution in [2.75, 3.05) is 13.6 Å². The number of nitrogens with zero attached hydrogens (tertiary/aromatic N) is 2. The molecule has 0 bridgehead atoms. The molecule has 0 amide bonds. The molecule has 2 nitrogen and oxygen atoms in total. The van der Waals surface area contributed by atoms with Crippen molar-refractivity contribution in [3.05, 3.63) is 30.1 Å². The van der Waals surface area contributed by atoms with E-state index in [1.807, 2.05) is 18.5 Å². The summed E-state index contributed by atoms with van der Waals surface area (Å²) in [4.78, 5) is 6.54. The minimum absolute atomic E-state index is 0. The van der Waals surface area contributed by atoms with Crippen LogP contribution in [0, 0.1) is 0 Å². The molecule has 1 atom stereocenters. The molecule has 1 unspecified atom stereocenters. The summed E-state index contributed by atoms with van der Waals surface area (Å²) < 4.78 is 0. The first-order chi connectivity index (χ1) is 5.88. The molecule has 2 radical (unpaired) electrons. The Labute approximate surface area is 117 Å². The van der Waals surface area contributed by atoms with Crippen LogP contribution in [-0.4, -0.2) is 69.0 Å². The van der Waals surface area contributed by atoms with Crippen LogP contribution in [-0.2, 0) is 0 Å². The third kappa shape index (κ3) is 2.77. The fourth-order valence-corrected chi connectivity index (χ4v) is 1.90. The van der Waals surface area contributed by atoms with Crippen molar-refractivity contribution >= 4 is 45.5 Å². The number of likely N-dealkylation sites (tertiary alicyclic amines) is 1. The van der Waals surface area contributed by atoms with Gasteiger partial charge in [-0.05, 0) is 38.1 Å². The Morgan fingerprint density at radius 3 is 2.92 bits per heavy atom. The molecule has 2 rings (SSSR count). The molecule has 1 aliphatic rings. The standard InChI is InChI=1S/C10H14N2.Sr/c1-12-7-3-5-10(12)9-4-2-6-11-8-9;/h2,4,6,8,10H,3,5,7H2,1H3;. The smallest absolute Gasteiger partial charge is 0.0360 e. The summed E-state index contributed by atoms with van der Waals surface area (Å²) in [6.45, 7) is 1.22. The van der Waals surface area contributed by atoms with Crippen LogP contribution in [0.5, 0.6) is 0 Å². The number of rotatable bonds is 1. The first kappa shape index (κ1) is 11.7. The van der Waals surface area contributed by atoms with Gasteiger partial charge in [0.15, 0.2) is 0 Å². The summed E-state index contributed by atoms with van der Waals surface area (Å²) in [5.74, 6) is 0. The maximum absolute atomic E-state index is 4.14. The van der Waals surface area contributed by atoms with Gasteiger partial charge in [-0.25, -0.2) is 0 Å². The van der Waals surface area contributed by atoms with Gasteiger partial charge in [-0.1, -0.05) is 6.07 Å². The van der Waals surface area contributed by atoms with Gasteiger partial charge < -0.3 is 0 Å². The van der Waals surface area contributed by atoms with E-state index in [1.54, 1.807) is 0 Å². The molecule has 1 saturated heterocycles. The summed E-state index contributed by atoms with van der Waals surface area (Å²) in [6, 6.07) is 4.79. The van der Waals surface area contributed by atoms with Gasteiger partial charge in [0, 0.05) is 63.9 Å². The molecule has 0 aromatic carbocycles. The first-order valence-corrected chi connectivity index (χ1v) is 4.48. The van der Waals surface area contributed by atoms with Crippen LogP contribution in [0.25, 0.3) is 0 Å². The molecule has 0 N–H and O–H groups in total. The second-order valence-corrected chi connectivity index (χ2v) is 3.42. The van der Waals surface area contributed by atoms with E-state index in [-0.39, 0.29) is 45.5 Å². The van der Waals surface area contributed by atoms with Crippen LogP contribution in [0.4, 0.5) is 0 Å². The van der Waals surface area contributed by atoms with Crippen LogP contribution in [0.3, 0.4) is 0 Å². The molecule has 0 saturated carbocycles. The number of hydrogen-bond acceptors (Lipinski definition) is 2. The zero-order valence-corrected chi connectivity index (χ0v) is 11.6. The Balaban J connectivity index is 0.000000845. The van der Waals surface area contributed by atoms with Gasteiger partial charge in [-0.15, -0.1) is 0 Å². The Kier molecular flexibility index (Phi) is 4.90. The monoisotopic (exact) mass is 250 g/mol. The van der Waals surface area contributed by atoms with Gasteiger partial charge in [-0.3, -0.25) is 9.88 Å². The summed E-state index contributed by atoms with van der Waals surface area (Å²) in [6.07, 6.45) is 6.41. The molecule has 1 aromatic rings. The number of aromatic nitrogens is 1. The molecule has 1 fully saturated rings. The molecule has 3 heteroatoms. The Morgan fingerprint density at radius 2 is 2.38 bits per heavy atom. The van der Waals surface area contributed by atoms with E-state index in [1.165, 1.54) is 24.9 Å². The second-order valence-electron chi connectivity index (χ2n) is 3.42. The first-order valence-electron chi connectivity index (χ1n) is 4.48. The number of pyridine rings is 1. The van der Waals surface area contributed by atoms with Crippen LogP contribution in [0.1, 0.15) is 24.4 Å². The summed E-state index contributed by atoms with van der Waals surface area (Å²) in [7, 11) is 2.19. The SMILES string of the molecule is CN1CCCC1c1cccnc1.[Sr]. The Bertz CT molecular complexity index is 250. The average Bonchev–Trinajstić information content (AvgIpc) is 2.53. The van der Waals surface area contributed by atoms with Crippen molar-refractivity contribution in [2.24, 2.45) is 0 Å². The molecular formula is C10H14N2Sr. The molecule has 66 valence electrons. The quantitative estimate of drug-likeness (QED) is 0.701. The zero-order chi connectivity index (χ0) is 8.39. The van der Waals surface area contributed by atoms with Gasteiger partial charge in [0.25, 0.3) is 0 Å². The van der Waals surface area contributed by atoms with E-state index in [0.717, 1.165) is 0 Å². The van der Waals surface area contributed by atoms with Crippen molar-refractivity contribution in [3.8, 4) is 0 Å². The summed E-state index contributed by atoms with van der Waals surface area (Å²) in [5, 5.41) is 0. The molecule has 2 heterocycles. The zero-order valence-electron chi connectivity index (χ0n) is 8.11. The molecule has 1 aromatic heterocycles. The summed E-state index contributed by atoms with van der Waals surface area (Å²) in [5.41, 5.74) is 1.36. The molecule has 0 spiro atoms. The minimum atomic E-state index is 0. The molecule has 1 aliphatic heterocycles. The minimum Gasteiger partial charge on any atom is -0.299 e. The van der Waals surface area contributed by atoms with Crippen molar-refractivity contribution < 1.29 is 0 Å². The van der Waals surface area contributed by atoms with Crippen molar-refractivity contribution in [2.45, 2.75) is 18.9 Å². The third-order valence-electron chi connectivity index (χ3n) is 2.59. The van der Waals surface area contributed by atoms with Gasteiger partial charge >= 0.3 is 0 Å². The largest absolute Gasteiger partial charge is 0.299 e. The average molecular weight is 250 g/mol. The normalized spacial score (nSPS) is 22.7. The van der Waals surface area contributed by atoms with Crippen molar-refractivity contribution in [3.63, 3.8) is 0 Å². The van der Waals surface area contributed by atoms with E-state index < -0.39 is 0 Å². The third-order valence-corrected chi connectivity index (χ3v) is 2.59. The molecule has 13 heavy (non-hydrogen) atoms. The second kappa shape index (κ2) is 5.47. The van der Waals surface area contributed by atoms with Crippen molar-refractivity contribution in [1.29, 1.82) is 0 Å². The Morgan fingerprint density at radius 1 is 1.54 bits per heavy atom. The Hall–Kier alpha value is 0.591. The van der Waals surface area contributed by atoms with Gasteiger partial charge in [-0.2, -0.15) is 0 Å². The van der Waals surface area contributed by atoms with E-state index in [9.17, 15) is 0 Å². The predicted molar refractivity (Wildman–Crippen MR) is 54.6 cm³/mol. The van der Waals surface area contributed by atoms with Gasteiger partial charge in [0.05, 0.1) is 0 Å². The maximum atomic E-state index is 4.14. The van der Waals surface area contributed by atoms with E-state index in [0.29, 0.717) is 6.04 Å². The molecular weight excluding hydrogens is 236 g/mol. The van der Waals surface area contributed by atoms with Gasteiger partial charge in [0.2, 0.25) is 0 Å². The summed E-state index contributed by atoms with van der Waals surface area (Å²) >= 11 is 0. The van der Waals surface area contributed by atoms with Gasteiger partial charge in [0.1, 0.15) is 0 Å². The van der Waals surface area contributed by atoms with Crippen LogP contribution >= 0.6 is 0 Å². The maximum Gasteiger partial charge on any atom is 0.0360 e. The van der Waals surface area contributed by atoms with E-state index in [4.69, 9.17) is 0 Å². The van der Waals surface area contributed by atoms with Crippen LogP contribution in [0.2, 0.25) is 0 Å². The van der Waals surface area contributed by atoms with Crippen LogP contribution < -0.4 is 0 Å². The van der Waals surface area contributed by atoms with E-state index in [2.05, 4.69) is 23.0 Å². The molecule has 0 aliphatic carbocycles. The van der Waals surface area contributed by atoms with Crippen molar-refractivity contribution in [1.82, 2.24) is 9.88 Å². The van der Waals surface area contributed by atoms with Crippen LogP contribution in [0.15, 0.2) is 24.5 Å². The fourth-order valence-electron chi connectivity index (χ4n) is 1.90. The van der Waals surface area contributed by atoms with E-state index >= 15 is 0 Å². The predicted octanol–water partition coefficient (Wildman–Crippen LogP) is 1.47. The topological polar surface area (TPSA) is 16.1 Å². The fraction of sp³-hybridized carbons (Fsp3) is 0.500. The number of hydrogen-bond donors (Lipinski definition) is 0.